The Kier molecular flexibility index (Phi) is 3.59. The Labute approximate surface area is 81.1 Å². The van der Waals surface area contributed by atoms with Crippen molar-refractivity contribution in [2.24, 2.45) is 0 Å². The van der Waals surface area contributed by atoms with E-state index in [9.17, 15) is 9.18 Å². The van der Waals surface area contributed by atoms with Crippen molar-refractivity contribution in [3.05, 3.63) is 35.6 Å². The van der Waals surface area contributed by atoms with Crippen LogP contribution in [0.4, 0.5) is 4.39 Å². The standard InChI is InChI=1S/C10H11FO3/c1-14-6-9(10(12)13)7-2-4-8(11)5-3-7/h2-5,9H,6H2,1H3,(H,12,13)/t9-/m0/s1. The summed E-state index contributed by atoms with van der Waals surface area (Å²) in [4.78, 5) is 10.8. The van der Waals surface area contributed by atoms with Gasteiger partial charge in [-0.1, -0.05) is 12.1 Å². The highest BCUT2D eigenvalue weighted by molar-refractivity contribution is 5.76. The van der Waals surface area contributed by atoms with E-state index >= 15 is 0 Å². The monoisotopic (exact) mass is 198 g/mol. The third kappa shape index (κ3) is 2.53. The SMILES string of the molecule is COC[C@H](C(=O)O)c1ccc(F)cc1. The number of rotatable bonds is 4. The molecule has 1 rings (SSSR count). The van der Waals surface area contributed by atoms with Gasteiger partial charge in [0.2, 0.25) is 0 Å². The molecule has 0 bridgehead atoms. The van der Waals surface area contributed by atoms with Crippen LogP contribution < -0.4 is 0 Å². The Morgan fingerprint density at radius 2 is 2.07 bits per heavy atom. The van der Waals surface area contributed by atoms with Gasteiger partial charge in [0.25, 0.3) is 0 Å². The largest absolute Gasteiger partial charge is 0.481 e. The molecule has 0 aromatic heterocycles. The fourth-order valence-corrected chi connectivity index (χ4v) is 1.17. The first-order chi connectivity index (χ1) is 6.65. The minimum atomic E-state index is -0.974. The van der Waals surface area contributed by atoms with Crippen molar-refractivity contribution < 1.29 is 19.0 Å². The normalized spacial score (nSPS) is 12.4. The molecule has 3 nitrogen and oxygen atoms in total. The van der Waals surface area contributed by atoms with E-state index in [1.807, 2.05) is 0 Å². The van der Waals surface area contributed by atoms with Crippen LogP contribution in [0.15, 0.2) is 24.3 Å². The van der Waals surface area contributed by atoms with Gasteiger partial charge >= 0.3 is 5.97 Å². The predicted molar refractivity (Wildman–Crippen MR) is 48.7 cm³/mol. The number of carbonyl (C=O) groups is 1. The maximum Gasteiger partial charge on any atom is 0.313 e. The number of aliphatic carboxylic acids is 1. The summed E-state index contributed by atoms with van der Waals surface area (Å²) in [6.07, 6.45) is 0. The van der Waals surface area contributed by atoms with Gasteiger partial charge in [-0.25, -0.2) is 4.39 Å². The zero-order chi connectivity index (χ0) is 10.6. The lowest BCUT2D eigenvalue weighted by molar-refractivity contribution is -0.140. The molecule has 0 saturated carbocycles. The fraction of sp³-hybridized carbons (Fsp3) is 0.300. The van der Waals surface area contributed by atoms with E-state index in [1.54, 1.807) is 0 Å². The molecule has 0 saturated heterocycles. The second kappa shape index (κ2) is 4.72. The van der Waals surface area contributed by atoms with Crippen LogP contribution in [0.3, 0.4) is 0 Å². The summed E-state index contributed by atoms with van der Waals surface area (Å²) in [6.45, 7) is 0.0843. The summed E-state index contributed by atoms with van der Waals surface area (Å²) < 4.78 is 17.3. The van der Waals surface area contributed by atoms with Crippen LogP contribution in [0.1, 0.15) is 11.5 Å². The molecule has 0 fully saturated rings. The summed E-state index contributed by atoms with van der Waals surface area (Å²) in [6, 6.07) is 5.38. The van der Waals surface area contributed by atoms with E-state index in [0.717, 1.165) is 0 Å². The lowest BCUT2D eigenvalue weighted by atomic mass is 10.0. The molecule has 0 aliphatic carbocycles. The Bertz CT molecular complexity index is 308. The van der Waals surface area contributed by atoms with Crippen molar-refractivity contribution in [1.29, 1.82) is 0 Å². The van der Waals surface area contributed by atoms with Crippen LogP contribution in [0.25, 0.3) is 0 Å². The Morgan fingerprint density at radius 1 is 1.50 bits per heavy atom. The minimum absolute atomic E-state index is 0.0843. The molecule has 1 N–H and O–H groups in total. The number of hydrogen-bond acceptors (Lipinski definition) is 2. The Morgan fingerprint density at radius 3 is 2.50 bits per heavy atom. The van der Waals surface area contributed by atoms with Crippen LogP contribution in [-0.2, 0) is 9.53 Å². The number of methoxy groups -OCH3 is 1. The molecule has 0 spiro atoms. The molecule has 1 aromatic carbocycles. The first-order valence-corrected chi connectivity index (χ1v) is 4.12. The average molecular weight is 198 g/mol. The van der Waals surface area contributed by atoms with Crippen molar-refractivity contribution in [3.63, 3.8) is 0 Å². The predicted octanol–water partition coefficient (Wildman–Crippen LogP) is 1.64. The Balaban J connectivity index is 2.87. The zero-order valence-electron chi connectivity index (χ0n) is 7.74. The number of halogens is 1. The van der Waals surface area contributed by atoms with Gasteiger partial charge in [-0.15, -0.1) is 0 Å². The van der Waals surface area contributed by atoms with Crippen molar-refractivity contribution in [1.82, 2.24) is 0 Å². The molecule has 0 unspecified atom stereocenters. The van der Waals surface area contributed by atoms with E-state index in [1.165, 1.54) is 31.4 Å². The molecular weight excluding hydrogens is 187 g/mol. The van der Waals surface area contributed by atoms with Crippen LogP contribution in [0.2, 0.25) is 0 Å². The van der Waals surface area contributed by atoms with Crippen LogP contribution >= 0.6 is 0 Å². The Hall–Kier alpha value is -1.42. The van der Waals surface area contributed by atoms with E-state index in [2.05, 4.69) is 0 Å². The molecular formula is C10H11FO3. The molecule has 1 atom stereocenters. The maximum atomic E-state index is 12.6. The first-order valence-electron chi connectivity index (χ1n) is 4.12. The van der Waals surface area contributed by atoms with Gasteiger partial charge in [0.15, 0.2) is 0 Å². The number of benzene rings is 1. The summed E-state index contributed by atoms with van der Waals surface area (Å²) in [5.74, 6) is -2.09. The van der Waals surface area contributed by atoms with Gasteiger partial charge in [-0.3, -0.25) is 4.79 Å². The summed E-state index contributed by atoms with van der Waals surface area (Å²) in [7, 11) is 1.43. The molecule has 4 heteroatoms. The highest BCUT2D eigenvalue weighted by atomic mass is 19.1. The number of carboxylic acid groups (broad SMARTS) is 1. The molecule has 0 amide bonds. The first kappa shape index (κ1) is 10.7. The molecule has 0 radical (unpaired) electrons. The lowest BCUT2D eigenvalue weighted by Crippen LogP contribution is -2.16. The second-order valence-electron chi connectivity index (χ2n) is 2.90. The highest BCUT2D eigenvalue weighted by Gasteiger charge is 2.19. The maximum absolute atomic E-state index is 12.6. The highest BCUT2D eigenvalue weighted by Crippen LogP contribution is 2.16. The van der Waals surface area contributed by atoms with E-state index in [-0.39, 0.29) is 12.4 Å². The van der Waals surface area contributed by atoms with Gasteiger partial charge < -0.3 is 9.84 Å². The van der Waals surface area contributed by atoms with Crippen LogP contribution in [0, 0.1) is 5.82 Å². The van der Waals surface area contributed by atoms with E-state index in [4.69, 9.17) is 9.84 Å². The average Bonchev–Trinajstić information content (AvgIpc) is 2.15. The van der Waals surface area contributed by atoms with E-state index in [0.29, 0.717) is 5.56 Å². The van der Waals surface area contributed by atoms with Gasteiger partial charge in [0, 0.05) is 7.11 Å². The second-order valence-corrected chi connectivity index (χ2v) is 2.90. The summed E-state index contributed by atoms with van der Waals surface area (Å²) in [5, 5.41) is 8.85. The van der Waals surface area contributed by atoms with Gasteiger partial charge in [0.05, 0.1) is 6.61 Å². The van der Waals surface area contributed by atoms with Crippen molar-refractivity contribution in [2.45, 2.75) is 5.92 Å². The van der Waals surface area contributed by atoms with Crippen molar-refractivity contribution in [3.8, 4) is 0 Å². The van der Waals surface area contributed by atoms with Gasteiger partial charge in [-0.05, 0) is 17.7 Å². The van der Waals surface area contributed by atoms with E-state index < -0.39 is 11.9 Å². The van der Waals surface area contributed by atoms with Crippen molar-refractivity contribution in [2.75, 3.05) is 13.7 Å². The van der Waals surface area contributed by atoms with Gasteiger partial charge in [0.1, 0.15) is 11.7 Å². The number of ether oxygens (including phenoxy) is 1. The molecule has 0 aliphatic heterocycles. The summed E-state index contributed by atoms with van der Waals surface area (Å²) in [5.41, 5.74) is 0.542. The smallest absolute Gasteiger partial charge is 0.313 e. The fourth-order valence-electron chi connectivity index (χ4n) is 1.17. The number of carboxylic acids is 1. The van der Waals surface area contributed by atoms with Gasteiger partial charge in [-0.2, -0.15) is 0 Å². The lowest BCUT2D eigenvalue weighted by Gasteiger charge is -2.10. The topological polar surface area (TPSA) is 46.5 Å². The van der Waals surface area contributed by atoms with Crippen LogP contribution in [-0.4, -0.2) is 24.8 Å². The molecule has 14 heavy (non-hydrogen) atoms. The van der Waals surface area contributed by atoms with Crippen molar-refractivity contribution >= 4 is 5.97 Å². The quantitative estimate of drug-likeness (QED) is 0.799. The third-order valence-electron chi connectivity index (χ3n) is 1.90. The minimum Gasteiger partial charge on any atom is -0.481 e. The summed E-state index contributed by atoms with van der Waals surface area (Å²) >= 11 is 0. The van der Waals surface area contributed by atoms with Crippen LogP contribution in [0.5, 0.6) is 0 Å². The number of hydrogen-bond donors (Lipinski definition) is 1. The molecule has 0 aliphatic rings. The zero-order valence-corrected chi connectivity index (χ0v) is 7.74. The third-order valence-corrected chi connectivity index (χ3v) is 1.90. The molecule has 1 aromatic rings. The molecule has 76 valence electrons. The molecule has 0 heterocycles.